The molecule has 238 valence electrons. The van der Waals surface area contributed by atoms with Crippen LogP contribution in [-0.4, -0.2) is 68.8 Å². The number of rotatable bonds is 9. The van der Waals surface area contributed by atoms with E-state index < -0.39 is 24.1 Å². The van der Waals surface area contributed by atoms with Crippen molar-refractivity contribution in [1.82, 2.24) is 10.2 Å². The first kappa shape index (κ1) is 31.6. The number of ether oxygens (including phenoxy) is 1. The van der Waals surface area contributed by atoms with Crippen molar-refractivity contribution < 1.29 is 34.4 Å². The summed E-state index contributed by atoms with van der Waals surface area (Å²) in [5.41, 5.74) is 0.451. The maximum atomic E-state index is 14.2. The number of nitrogens with one attached hydrogen (secondary N) is 1. The number of hydrogen-bond acceptors (Lipinski definition) is 7. The number of aromatic hydroxyl groups is 2. The van der Waals surface area contributed by atoms with Crippen LogP contribution in [0.25, 0.3) is 0 Å². The molecule has 0 aromatic heterocycles. The van der Waals surface area contributed by atoms with E-state index in [1.807, 2.05) is 0 Å². The molecule has 0 radical (unpaired) electrons. The summed E-state index contributed by atoms with van der Waals surface area (Å²) < 4.78 is 6.28. The maximum Gasteiger partial charge on any atom is 0.329 e. The zero-order valence-electron chi connectivity index (χ0n) is 26.0. The Morgan fingerprint density at radius 3 is 2.42 bits per heavy atom. The van der Waals surface area contributed by atoms with Crippen molar-refractivity contribution in [2.45, 2.75) is 122 Å². The summed E-state index contributed by atoms with van der Waals surface area (Å²) >= 11 is 0. The van der Waals surface area contributed by atoms with Crippen LogP contribution in [0.3, 0.4) is 0 Å². The van der Waals surface area contributed by atoms with Gasteiger partial charge in [0.1, 0.15) is 24.3 Å². The summed E-state index contributed by atoms with van der Waals surface area (Å²) in [7, 11) is 0. The van der Waals surface area contributed by atoms with Gasteiger partial charge in [-0.15, -0.1) is 0 Å². The molecule has 1 heterocycles. The molecule has 43 heavy (non-hydrogen) atoms. The van der Waals surface area contributed by atoms with Gasteiger partial charge in [0.2, 0.25) is 11.8 Å². The highest BCUT2D eigenvalue weighted by molar-refractivity contribution is 5.92. The summed E-state index contributed by atoms with van der Waals surface area (Å²) in [6.07, 6.45) is 8.23. The molecule has 1 aromatic rings. The topological polar surface area (TPSA) is 136 Å². The van der Waals surface area contributed by atoms with E-state index in [1.54, 1.807) is 4.90 Å². The number of amides is 2. The van der Waals surface area contributed by atoms with E-state index in [0.29, 0.717) is 36.3 Å². The highest BCUT2D eigenvalue weighted by atomic mass is 16.5. The molecule has 4 fully saturated rings. The first-order valence-corrected chi connectivity index (χ1v) is 16.5. The van der Waals surface area contributed by atoms with Gasteiger partial charge in [-0.1, -0.05) is 46.1 Å². The molecule has 9 nitrogen and oxygen atoms in total. The Bertz CT molecular complexity index is 1180. The number of hydrogen-bond donors (Lipinski definition) is 4. The Morgan fingerprint density at radius 1 is 1.02 bits per heavy atom. The van der Waals surface area contributed by atoms with Gasteiger partial charge in [-0.2, -0.15) is 0 Å². The van der Waals surface area contributed by atoms with Crippen LogP contribution in [0, 0.1) is 29.1 Å². The zero-order chi connectivity index (χ0) is 30.9. The quantitative estimate of drug-likeness (QED) is 0.244. The van der Waals surface area contributed by atoms with Crippen LogP contribution in [0.15, 0.2) is 18.2 Å². The average molecular weight is 599 g/mol. The Kier molecular flexibility index (Phi) is 9.59. The number of benzene rings is 1. The average Bonchev–Trinajstić information content (AvgIpc) is 3.47. The van der Waals surface area contributed by atoms with E-state index in [9.17, 15) is 29.7 Å². The minimum atomic E-state index is -1.45. The fourth-order valence-electron chi connectivity index (χ4n) is 9.00. The maximum absolute atomic E-state index is 14.2. The van der Waals surface area contributed by atoms with E-state index in [2.05, 4.69) is 26.1 Å². The predicted octanol–water partition coefficient (Wildman–Crippen LogP) is 4.45. The SMILES string of the molecule is CC(C)C1C2CCC1(C)[C@H](OC(=O)[C@@H]1CCCCN1C(=O)[C@@H](NC(=O)[C@H](O)Cc1ccc(O)c(O)c1)C1CCCCC1)C2. The smallest absolute Gasteiger partial charge is 0.329 e. The lowest BCUT2D eigenvalue weighted by Gasteiger charge is -2.41. The Balaban J connectivity index is 1.29. The van der Waals surface area contributed by atoms with Crippen LogP contribution in [0.2, 0.25) is 0 Å². The molecule has 9 heteroatoms. The highest BCUT2D eigenvalue weighted by Gasteiger charge is 2.59. The Labute approximate surface area is 255 Å². The van der Waals surface area contributed by atoms with Crippen LogP contribution >= 0.6 is 0 Å². The summed E-state index contributed by atoms with van der Waals surface area (Å²) in [5, 5.41) is 33.0. The normalized spacial score (nSPS) is 30.7. The van der Waals surface area contributed by atoms with Crippen molar-refractivity contribution in [2.75, 3.05) is 6.54 Å². The van der Waals surface area contributed by atoms with Crippen LogP contribution in [0.4, 0.5) is 0 Å². The third-order valence-electron chi connectivity index (χ3n) is 11.1. The van der Waals surface area contributed by atoms with E-state index >= 15 is 0 Å². The lowest BCUT2D eigenvalue weighted by molar-refractivity contribution is -0.168. The molecule has 5 rings (SSSR count). The fourth-order valence-corrected chi connectivity index (χ4v) is 9.00. The Hall–Kier alpha value is -2.81. The third kappa shape index (κ3) is 6.52. The minimum Gasteiger partial charge on any atom is -0.504 e. The van der Waals surface area contributed by atoms with Crippen molar-refractivity contribution in [3.63, 3.8) is 0 Å². The van der Waals surface area contributed by atoms with Gasteiger partial charge in [-0.3, -0.25) is 9.59 Å². The number of esters is 1. The molecule has 1 aromatic carbocycles. The second-order valence-electron chi connectivity index (χ2n) is 14.2. The lowest BCUT2D eigenvalue weighted by atomic mass is 9.74. The summed E-state index contributed by atoms with van der Waals surface area (Å²) in [6, 6.07) is 2.63. The van der Waals surface area contributed by atoms with Crippen LogP contribution in [-0.2, 0) is 25.5 Å². The standard InChI is InChI=1S/C34H50N2O7/c1-20(2)29-23-14-15-34(29,3)28(19-23)43-33(42)24-11-7-8-16-36(24)32(41)30(22-9-5-4-6-10-22)35-31(40)27(39)18-21-12-13-25(37)26(38)17-21/h12-13,17,20,22-24,27-30,37-39H,4-11,14-16,18-19H2,1-3H3,(H,35,40)/t23?,24-,27+,28+,29?,30-,34?/m0/s1. The first-order valence-electron chi connectivity index (χ1n) is 16.5. The van der Waals surface area contributed by atoms with Gasteiger partial charge in [0.15, 0.2) is 11.5 Å². The number of likely N-dealkylation sites (tertiary alicyclic amines) is 1. The van der Waals surface area contributed by atoms with Crippen LogP contribution in [0.5, 0.6) is 11.5 Å². The van der Waals surface area contributed by atoms with E-state index in [-0.39, 0.29) is 47.2 Å². The monoisotopic (exact) mass is 598 g/mol. The van der Waals surface area contributed by atoms with E-state index in [0.717, 1.165) is 57.8 Å². The molecule has 1 aliphatic heterocycles. The number of phenols is 2. The number of nitrogens with zero attached hydrogens (tertiary/aromatic N) is 1. The van der Waals surface area contributed by atoms with Crippen molar-refractivity contribution >= 4 is 17.8 Å². The first-order chi connectivity index (χ1) is 20.5. The molecule has 0 spiro atoms. The molecule has 2 bridgehead atoms. The molecular formula is C34H50N2O7. The number of aliphatic hydroxyl groups is 1. The molecule has 1 saturated heterocycles. The van der Waals surface area contributed by atoms with Gasteiger partial charge >= 0.3 is 5.97 Å². The van der Waals surface area contributed by atoms with Crippen molar-refractivity contribution in [2.24, 2.45) is 29.1 Å². The van der Waals surface area contributed by atoms with E-state index in [1.165, 1.54) is 24.6 Å². The predicted molar refractivity (Wildman–Crippen MR) is 161 cm³/mol. The molecule has 2 amide bonds. The summed E-state index contributed by atoms with van der Waals surface area (Å²) in [4.78, 5) is 42.9. The van der Waals surface area contributed by atoms with E-state index in [4.69, 9.17) is 4.74 Å². The fraction of sp³-hybridized carbons (Fsp3) is 0.735. The molecule has 3 aliphatic carbocycles. The van der Waals surface area contributed by atoms with Gasteiger partial charge in [-0.05, 0) is 92.7 Å². The van der Waals surface area contributed by atoms with Crippen LogP contribution < -0.4 is 5.32 Å². The van der Waals surface area contributed by atoms with Crippen molar-refractivity contribution in [3.05, 3.63) is 23.8 Å². The van der Waals surface area contributed by atoms with Crippen molar-refractivity contribution in [3.8, 4) is 11.5 Å². The number of fused-ring (bicyclic) bond motifs is 2. The second kappa shape index (κ2) is 13.0. The van der Waals surface area contributed by atoms with Gasteiger partial charge < -0.3 is 30.3 Å². The van der Waals surface area contributed by atoms with Gasteiger partial charge in [-0.25, -0.2) is 4.79 Å². The van der Waals surface area contributed by atoms with Gasteiger partial charge in [0.05, 0.1) is 0 Å². The largest absolute Gasteiger partial charge is 0.504 e. The number of piperidine rings is 1. The lowest BCUT2D eigenvalue weighted by Crippen LogP contribution is -2.59. The van der Waals surface area contributed by atoms with Crippen molar-refractivity contribution in [1.29, 1.82) is 0 Å². The van der Waals surface area contributed by atoms with Gasteiger partial charge in [0, 0.05) is 18.4 Å². The number of aliphatic hydroxyl groups excluding tert-OH is 1. The molecule has 7 atom stereocenters. The molecular weight excluding hydrogens is 548 g/mol. The molecule has 4 N–H and O–H groups in total. The zero-order valence-corrected chi connectivity index (χ0v) is 26.0. The second-order valence-corrected chi connectivity index (χ2v) is 14.2. The summed E-state index contributed by atoms with van der Waals surface area (Å²) in [5.74, 6) is -0.300. The number of carbonyl (C=O) groups is 3. The third-order valence-corrected chi connectivity index (χ3v) is 11.1. The van der Waals surface area contributed by atoms with Gasteiger partial charge in [0.25, 0.3) is 0 Å². The highest BCUT2D eigenvalue weighted by Crippen LogP contribution is 2.61. The number of carbonyl (C=O) groups excluding carboxylic acids is 3. The van der Waals surface area contributed by atoms with Crippen LogP contribution in [0.1, 0.15) is 97.0 Å². The Morgan fingerprint density at radius 2 is 1.74 bits per heavy atom. The number of phenolic OH excluding ortho intramolecular Hbond substituents is 2. The minimum absolute atomic E-state index is 0.0268. The molecule has 4 aliphatic rings. The molecule has 3 saturated carbocycles. The molecule has 3 unspecified atom stereocenters. The summed E-state index contributed by atoms with van der Waals surface area (Å²) in [6.45, 7) is 7.23.